The number of fused-ring (bicyclic) bond motifs is 3. The Morgan fingerprint density at radius 2 is 1.60 bits per heavy atom. The number of aliphatic hydroxyl groups is 1. The molecule has 3 aliphatic carbocycles. The maximum Gasteiger partial charge on any atom is 0.0568 e. The van der Waals surface area contributed by atoms with Gasteiger partial charge in [-0.2, -0.15) is 0 Å². The Labute approximate surface area is 187 Å². The zero-order valence-corrected chi connectivity index (χ0v) is 20.8. The van der Waals surface area contributed by atoms with Crippen LogP contribution in [0.4, 0.5) is 0 Å². The minimum Gasteiger partial charge on any atom is -0.393 e. The van der Waals surface area contributed by atoms with Crippen molar-refractivity contribution in [3.63, 3.8) is 0 Å². The number of hydrogen-bond donors (Lipinski definition) is 1. The van der Waals surface area contributed by atoms with Crippen LogP contribution >= 0.6 is 0 Å². The molecule has 0 bridgehead atoms. The standard InChI is InChI=1S/C29H48O/c1-20(2)10-8-11-21(3)12-9-13-22(4)24-14-15-27-28(24,6)18-16-25-23(5)26(30)17-19-29(25,27)7/h10,12,23-27,30H,4,8-9,11,13-19H2,1-3,5-7H3/b21-12+/t23-,24?,25?,26+,27?,28+,29+/m1/s1. The molecule has 0 aromatic rings. The first kappa shape index (κ1) is 23.8. The first-order valence-electron chi connectivity index (χ1n) is 12.7. The van der Waals surface area contributed by atoms with Gasteiger partial charge >= 0.3 is 0 Å². The van der Waals surface area contributed by atoms with Gasteiger partial charge in [-0.3, -0.25) is 0 Å². The average molecular weight is 413 g/mol. The molecule has 3 saturated carbocycles. The third-order valence-electron chi connectivity index (χ3n) is 9.74. The van der Waals surface area contributed by atoms with Crippen LogP contribution in [0.15, 0.2) is 35.5 Å². The van der Waals surface area contributed by atoms with Gasteiger partial charge in [0.2, 0.25) is 0 Å². The van der Waals surface area contributed by atoms with E-state index < -0.39 is 0 Å². The van der Waals surface area contributed by atoms with Gasteiger partial charge in [-0.15, -0.1) is 0 Å². The van der Waals surface area contributed by atoms with E-state index in [-0.39, 0.29) is 6.10 Å². The molecule has 3 fully saturated rings. The van der Waals surface area contributed by atoms with E-state index in [2.05, 4.69) is 60.3 Å². The summed E-state index contributed by atoms with van der Waals surface area (Å²) in [5.74, 6) is 2.68. The summed E-state index contributed by atoms with van der Waals surface area (Å²) in [6, 6.07) is 0. The molecule has 1 nitrogen and oxygen atoms in total. The first-order chi connectivity index (χ1) is 14.1. The van der Waals surface area contributed by atoms with Gasteiger partial charge in [-0.1, -0.05) is 56.2 Å². The largest absolute Gasteiger partial charge is 0.393 e. The van der Waals surface area contributed by atoms with Gasteiger partial charge in [0.1, 0.15) is 0 Å². The molecule has 3 rings (SSSR count). The minimum atomic E-state index is -0.0774. The Balaban J connectivity index is 1.61. The molecule has 30 heavy (non-hydrogen) atoms. The molecule has 0 amide bonds. The smallest absolute Gasteiger partial charge is 0.0568 e. The summed E-state index contributed by atoms with van der Waals surface area (Å²) in [4.78, 5) is 0. The highest BCUT2D eigenvalue weighted by Gasteiger charge is 2.61. The molecule has 170 valence electrons. The predicted molar refractivity (Wildman–Crippen MR) is 130 cm³/mol. The Morgan fingerprint density at radius 3 is 2.30 bits per heavy atom. The van der Waals surface area contributed by atoms with E-state index in [1.54, 1.807) is 0 Å². The normalized spacial score (nSPS) is 41.2. The first-order valence-corrected chi connectivity index (χ1v) is 12.7. The summed E-state index contributed by atoms with van der Waals surface area (Å²) in [6.07, 6.45) is 16.9. The molecule has 1 N–H and O–H groups in total. The van der Waals surface area contributed by atoms with Crippen molar-refractivity contribution in [2.45, 2.75) is 112 Å². The van der Waals surface area contributed by atoms with Crippen molar-refractivity contribution >= 4 is 0 Å². The van der Waals surface area contributed by atoms with Crippen molar-refractivity contribution in [3.05, 3.63) is 35.5 Å². The average Bonchev–Trinajstić information content (AvgIpc) is 3.03. The van der Waals surface area contributed by atoms with Crippen molar-refractivity contribution in [1.29, 1.82) is 0 Å². The van der Waals surface area contributed by atoms with Crippen LogP contribution in [-0.2, 0) is 0 Å². The summed E-state index contributed by atoms with van der Waals surface area (Å²) in [6.45, 7) is 18.8. The molecule has 0 aromatic heterocycles. The monoisotopic (exact) mass is 412 g/mol. The molecule has 7 atom stereocenters. The Hall–Kier alpha value is -0.820. The fraction of sp³-hybridized carbons (Fsp3) is 0.793. The molecule has 0 aromatic carbocycles. The second-order valence-electron chi connectivity index (χ2n) is 11.9. The molecule has 0 saturated heterocycles. The highest BCUT2D eigenvalue weighted by atomic mass is 16.3. The number of aliphatic hydroxyl groups excluding tert-OH is 1. The Morgan fingerprint density at radius 1 is 0.933 bits per heavy atom. The molecule has 0 radical (unpaired) electrons. The van der Waals surface area contributed by atoms with Crippen molar-refractivity contribution in [1.82, 2.24) is 0 Å². The summed E-state index contributed by atoms with van der Waals surface area (Å²) in [7, 11) is 0. The van der Waals surface area contributed by atoms with Gasteiger partial charge in [0.15, 0.2) is 0 Å². The maximum absolute atomic E-state index is 10.5. The van der Waals surface area contributed by atoms with Crippen LogP contribution in [0.3, 0.4) is 0 Å². The Kier molecular flexibility index (Phi) is 7.43. The SMILES string of the molecule is C=C(CC/C=C(\C)CCC=C(C)C)C1CCC2[C@@]1(C)CCC1[C@@H](C)[C@@H](O)CC[C@@]12C. The molecule has 0 aliphatic heterocycles. The number of rotatable bonds is 7. The van der Waals surface area contributed by atoms with Crippen molar-refractivity contribution in [2.24, 2.45) is 34.5 Å². The molecular weight excluding hydrogens is 364 g/mol. The van der Waals surface area contributed by atoms with E-state index in [1.807, 2.05) is 0 Å². The minimum absolute atomic E-state index is 0.0774. The van der Waals surface area contributed by atoms with Gasteiger partial charge in [0.25, 0.3) is 0 Å². The number of hydrogen-bond acceptors (Lipinski definition) is 1. The van der Waals surface area contributed by atoms with E-state index in [4.69, 9.17) is 0 Å². The van der Waals surface area contributed by atoms with Crippen LogP contribution < -0.4 is 0 Å². The third-order valence-corrected chi connectivity index (χ3v) is 9.74. The summed E-state index contributed by atoms with van der Waals surface area (Å²) in [5, 5.41) is 10.5. The third kappa shape index (κ3) is 4.52. The second-order valence-corrected chi connectivity index (χ2v) is 11.9. The topological polar surface area (TPSA) is 20.2 Å². The van der Waals surface area contributed by atoms with E-state index >= 15 is 0 Å². The lowest BCUT2D eigenvalue weighted by molar-refractivity contribution is -0.127. The van der Waals surface area contributed by atoms with Gasteiger partial charge in [-0.25, -0.2) is 0 Å². The van der Waals surface area contributed by atoms with E-state index in [1.165, 1.54) is 61.7 Å². The van der Waals surface area contributed by atoms with Crippen LogP contribution in [0, 0.1) is 34.5 Å². The molecule has 3 aliphatic rings. The number of allylic oxidation sites excluding steroid dienone is 5. The zero-order valence-electron chi connectivity index (χ0n) is 20.8. The van der Waals surface area contributed by atoms with Gasteiger partial charge < -0.3 is 5.11 Å². The molecule has 0 spiro atoms. The van der Waals surface area contributed by atoms with Gasteiger partial charge in [0, 0.05) is 0 Å². The van der Waals surface area contributed by atoms with Crippen LogP contribution in [0.1, 0.15) is 106 Å². The lowest BCUT2D eigenvalue weighted by Gasteiger charge is -2.60. The van der Waals surface area contributed by atoms with Gasteiger partial charge in [0.05, 0.1) is 6.10 Å². The van der Waals surface area contributed by atoms with Gasteiger partial charge in [-0.05, 0) is 119 Å². The van der Waals surface area contributed by atoms with Crippen LogP contribution in [0.2, 0.25) is 0 Å². The summed E-state index contributed by atoms with van der Waals surface area (Å²) in [5.41, 5.74) is 5.30. The molecular formula is C29H48O. The highest BCUT2D eigenvalue weighted by Crippen LogP contribution is 2.68. The lowest BCUT2D eigenvalue weighted by Crippen LogP contribution is -2.54. The van der Waals surface area contributed by atoms with Crippen LogP contribution in [0.25, 0.3) is 0 Å². The maximum atomic E-state index is 10.5. The van der Waals surface area contributed by atoms with E-state index in [0.717, 1.165) is 25.2 Å². The Bertz CT molecular complexity index is 680. The van der Waals surface area contributed by atoms with E-state index in [9.17, 15) is 5.11 Å². The fourth-order valence-corrected chi connectivity index (χ4v) is 7.97. The molecule has 3 unspecified atom stereocenters. The highest BCUT2D eigenvalue weighted by molar-refractivity contribution is 5.18. The molecule has 1 heteroatoms. The second kappa shape index (κ2) is 9.35. The predicted octanol–water partition coefficient (Wildman–Crippen LogP) is 8.26. The zero-order chi connectivity index (χ0) is 22.1. The summed E-state index contributed by atoms with van der Waals surface area (Å²) < 4.78 is 0. The molecule has 0 heterocycles. The van der Waals surface area contributed by atoms with Crippen LogP contribution in [-0.4, -0.2) is 11.2 Å². The lowest BCUT2D eigenvalue weighted by atomic mass is 9.45. The van der Waals surface area contributed by atoms with Crippen molar-refractivity contribution in [3.8, 4) is 0 Å². The van der Waals surface area contributed by atoms with E-state index in [0.29, 0.717) is 28.6 Å². The fourth-order valence-electron chi connectivity index (χ4n) is 7.97. The van der Waals surface area contributed by atoms with Crippen molar-refractivity contribution in [2.75, 3.05) is 0 Å². The quantitative estimate of drug-likeness (QED) is 0.417. The summed E-state index contributed by atoms with van der Waals surface area (Å²) >= 11 is 0. The van der Waals surface area contributed by atoms with Crippen molar-refractivity contribution < 1.29 is 5.11 Å². The van der Waals surface area contributed by atoms with Crippen LogP contribution in [0.5, 0.6) is 0 Å².